The first-order valence-corrected chi connectivity index (χ1v) is 5.28. The smallest absolute Gasteiger partial charge is 0.163 e. The molecule has 0 atom stereocenters. The van der Waals surface area contributed by atoms with E-state index in [-0.39, 0.29) is 5.54 Å². The van der Waals surface area contributed by atoms with Gasteiger partial charge in [0.2, 0.25) is 0 Å². The Bertz CT molecular complexity index is 361. The molecule has 0 saturated heterocycles. The van der Waals surface area contributed by atoms with E-state index in [4.69, 9.17) is 5.26 Å². The molecule has 0 aliphatic rings. The highest BCUT2D eigenvalue weighted by molar-refractivity contribution is 5.54. The SMILES string of the molecule is CCC(C)(CC)Nc1cccnc1C#N. The normalized spacial score (nSPS) is 10.8. The minimum absolute atomic E-state index is 0.0363. The Balaban J connectivity index is 2.94. The average Bonchev–Trinajstić information content (AvgIpc) is 2.29. The molecular formula is C12H17N3. The van der Waals surface area contributed by atoms with Gasteiger partial charge in [0.25, 0.3) is 0 Å². The molecule has 1 rings (SSSR count). The quantitative estimate of drug-likeness (QED) is 0.818. The Kier molecular flexibility index (Phi) is 3.68. The summed E-state index contributed by atoms with van der Waals surface area (Å²) in [6, 6.07) is 5.83. The summed E-state index contributed by atoms with van der Waals surface area (Å²) in [4.78, 5) is 4.03. The lowest BCUT2D eigenvalue weighted by Crippen LogP contribution is -2.33. The maximum absolute atomic E-state index is 8.91. The van der Waals surface area contributed by atoms with E-state index in [1.54, 1.807) is 6.20 Å². The molecule has 0 spiro atoms. The van der Waals surface area contributed by atoms with Gasteiger partial charge in [-0.15, -0.1) is 0 Å². The third-order valence-electron chi connectivity index (χ3n) is 2.91. The molecule has 0 unspecified atom stereocenters. The van der Waals surface area contributed by atoms with Gasteiger partial charge in [-0.2, -0.15) is 5.26 Å². The number of nitriles is 1. The van der Waals surface area contributed by atoms with Crippen LogP contribution in [0.15, 0.2) is 18.3 Å². The van der Waals surface area contributed by atoms with E-state index in [0.29, 0.717) is 5.69 Å². The largest absolute Gasteiger partial charge is 0.378 e. The minimum Gasteiger partial charge on any atom is -0.378 e. The van der Waals surface area contributed by atoms with Gasteiger partial charge >= 0.3 is 0 Å². The fourth-order valence-electron chi connectivity index (χ4n) is 1.35. The number of pyridine rings is 1. The maximum atomic E-state index is 8.91. The molecule has 0 aliphatic carbocycles. The summed E-state index contributed by atoms with van der Waals surface area (Å²) in [5.74, 6) is 0. The molecule has 3 heteroatoms. The molecule has 1 heterocycles. The third-order valence-corrected chi connectivity index (χ3v) is 2.91. The van der Waals surface area contributed by atoms with Crippen molar-refractivity contribution in [2.45, 2.75) is 39.2 Å². The predicted molar refractivity (Wildman–Crippen MR) is 61.6 cm³/mol. The molecule has 1 N–H and O–H groups in total. The van der Waals surface area contributed by atoms with Gasteiger partial charge in [-0.1, -0.05) is 13.8 Å². The van der Waals surface area contributed by atoms with Crippen LogP contribution < -0.4 is 5.32 Å². The van der Waals surface area contributed by atoms with Gasteiger partial charge in [0.05, 0.1) is 5.69 Å². The summed E-state index contributed by atoms with van der Waals surface area (Å²) < 4.78 is 0. The highest BCUT2D eigenvalue weighted by atomic mass is 15.0. The number of nitrogens with one attached hydrogen (secondary N) is 1. The molecule has 0 bridgehead atoms. The van der Waals surface area contributed by atoms with Crippen molar-refractivity contribution >= 4 is 5.69 Å². The zero-order valence-corrected chi connectivity index (χ0v) is 9.54. The second-order valence-electron chi connectivity index (χ2n) is 3.90. The number of nitrogens with zero attached hydrogens (tertiary/aromatic N) is 2. The zero-order chi connectivity index (χ0) is 11.3. The van der Waals surface area contributed by atoms with Crippen molar-refractivity contribution < 1.29 is 0 Å². The van der Waals surface area contributed by atoms with E-state index in [9.17, 15) is 0 Å². The number of aromatic nitrogens is 1. The second kappa shape index (κ2) is 4.79. The molecule has 80 valence electrons. The van der Waals surface area contributed by atoms with Crippen molar-refractivity contribution in [1.29, 1.82) is 5.26 Å². The van der Waals surface area contributed by atoms with E-state index in [1.165, 1.54) is 0 Å². The van der Waals surface area contributed by atoms with E-state index in [1.807, 2.05) is 12.1 Å². The van der Waals surface area contributed by atoms with Crippen molar-refractivity contribution in [2.75, 3.05) is 5.32 Å². The number of anilines is 1. The monoisotopic (exact) mass is 203 g/mol. The molecule has 0 aromatic carbocycles. The highest BCUT2D eigenvalue weighted by Crippen LogP contribution is 2.22. The second-order valence-corrected chi connectivity index (χ2v) is 3.90. The predicted octanol–water partition coefficient (Wildman–Crippen LogP) is 2.94. The zero-order valence-electron chi connectivity index (χ0n) is 9.54. The highest BCUT2D eigenvalue weighted by Gasteiger charge is 2.20. The van der Waals surface area contributed by atoms with Gasteiger partial charge in [-0.25, -0.2) is 4.98 Å². The summed E-state index contributed by atoms with van der Waals surface area (Å²) in [6.45, 7) is 6.43. The van der Waals surface area contributed by atoms with E-state index in [2.05, 4.69) is 37.1 Å². The van der Waals surface area contributed by atoms with Crippen molar-refractivity contribution in [1.82, 2.24) is 4.98 Å². The Morgan fingerprint density at radius 1 is 1.47 bits per heavy atom. The van der Waals surface area contributed by atoms with Crippen molar-refractivity contribution in [3.63, 3.8) is 0 Å². The maximum Gasteiger partial charge on any atom is 0.163 e. The van der Waals surface area contributed by atoms with Crippen LogP contribution in [-0.2, 0) is 0 Å². The van der Waals surface area contributed by atoms with E-state index < -0.39 is 0 Å². The van der Waals surface area contributed by atoms with Gasteiger partial charge in [0.1, 0.15) is 6.07 Å². The molecular weight excluding hydrogens is 186 g/mol. The summed E-state index contributed by atoms with van der Waals surface area (Å²) in [6.07, 6.45) is 3.67. The number of rotatable bonds is 4. The van der Waals surface area contributed by atoms with Crippen LogP contribution in [0.5, 0.6) is 0 Å². The molecule has 0 aliphatic heterocycles. The number of hydrogen-bond acceptors (Lipinski definition) is 3. The van der Waals surface area contributed by atoms with Crippen LogP contribution in [0.1, 0.15) is 39.3 Å². The summed E-state index contributed by atoms with van der Waals surface area (Å²) in [5, 5.41) is 12.3. The lowest BCUT2D eigenvalue weighted by molar-refractivity contribution is 0.478. The first-order chi connectivity index (χ1) is 7.15. The molecule has 15 heavy (non-hydrogen) atoms. The third kappa shape index (κ3) is 2.69. The van der Waals surface area contributed by atoms with Gasteiger partial charge in [0.15, 0.2) is 5.69 Å². The van der Waals surface area contributed by atoms with Gasteiger partial charge < -0.3 is 5.32 Å². The molecule has 1 aromatic heterocycles. The van der Waals surface area contributed by atoms with Crippen LogP contribution in [0.4, 0.5) is 5.69 Å². The van der Waals surface area contributed by atoms with Crippen LogP contribution in [0.25, 0.3) is 0 Å². The lowest BCUT2D eigenvalue weighted by Gasteiger charge is -2.29. The van der Waals surface area contributed by atoms with Crippen LogP contribution in [-0.4, -0.2) is 10.5 Å². The molecule has 3 nitrogen and oxygen atoms in total. The first kappa shape index (κ1) is 11.5. The molecule has 1 aromatic rings. The van der Waals surface area contributed by atoms with E-state index >= 15 is 0 Å². The first-order valence-electron chi connectivity index (χ1n) is 5.28. The molecule has 0 radical (unpaired) electrons. The van der Waals surface area contributed by atoms with Crippen LogP contribution in [0, 0.1) is 11.3 Å². The van der Waals surface area contributed by atoms with Gasteiger partial charge in [0, 0.05) is 11.7 Å². The fourth-order valence-corrected chi connectivity index (χ4v) is 1.35. The van der Waals surface area contributed by atoms with Crippen molar-refractivity contribution in [3.8, 4) is 6.07 Å². The average molecular weight is 203 g/mol. The molecule has 0 amide bonds. The Hall–Kier alpha value is -1.56. The molecule has 0 fully saturated rings. The van der Waals surface area contributed by atoms with Crippen LogP contribution in [0.3, 0.4) is 0 Å². The standard InChI is InChI=1S/C12H17N3/c1-4-12(3,5-2)15-10-7-6-8-14-11(10)9-13/h6-8,15H,4-5H2,1-3H3. The van der Waals surface area contributed by atoms with Gasteiger partial charge in [-0.05, 0) is 31.9 Å². The van der Waals surface area contributed by atoms with E-state index in [0.717, 1.165) is 18.5 Å². The lowest BCUT2D eigenvalue weighted by atomic mass is 9.95. The van der Waals surface area contributed by atoms with Crippen molar-refractivity contribution in [2.24, 2.45) is 0 Å². The summed E-state index contributed by atoms with van der Waals surface area (Å²) in [5.41, 5.74) is 1.33. The Morgan fingerprint density at radius 2 is 2.13 bits per heavy atom. The van der Waals surface area contributed by atoms with Crippen molar-refractivity contribution in [3.05, 3.63) is 24.0 Å². The fraction of sp³-hybridized carbons (Fsp3) is 0.500. The number of hydrogen-bond donors (Lipinski definition) is 1. The minimum atomic E-state index is 0.0363. The molecule has 0 saturated carbocycles. The Labute approximate surface area is 91.1 Å². The van der Waals surface area contributed by atoms with Crippen LogP contribution >= 0.6 is 0 Å². The van der Waals surface area contributed by atoms with Gasteiger partial charge in [-0.3, -0.25) is 0 Å². The summed E-state index contributed by atoms with van der Waals surface area (Å²) >= 11 is 0. The summed E-state index contributed by atoms with van der Waals surface area (Å²) in [7, 11) is 0. The Morgan fingerprint density at radius 3 is 2.67 bits per heavy atom. The van der Waals surface area contributed by atoms with Crippen LogP contribution in [0.2, 0.25) is 0 Å². The topological polar surface area (TPSA) is 48.7 Å².